The molecule has 0 amide bonds. The van der Waals surface area contributed by atoms with Crippen LogP contribution in [-0.4, -0.2) is 23.1 Å². The van der Waals surface area contributed by atoms with Gasteiger partial charge < -0.3 is 10.3 Å². The molecule has 90 valence electrons. The summed E-state index contributed by atoms with van der Waals surface area (Å²) in [5.74, 6) is 0.149. The quantitative estimate of drug-likeness (QED) is 0.313. The smallest absolute Gasteiger partial charge is 0.413 e. The zero-order valence-corrected chi connectivity index (χ0v) is 10.3. The van der Waals surface area contributed by atoms with Crippen molar-refractivity contribution in [2.24, 2.45) is 11.3 Å². The lowest BCUT2D eigenvalue weighted by Crippen LogP contribution is -2.30. The third-order valence-corrected chi connectivity index (χ3v) is 3.34. The maximum Gasteiger partial charge on any atom is 0.413 e. The fourth-order valence-electron chi connectivity index (χ4n) is 2.29. The van der Waals surface area contributed by atoms with Crippen molar-refractivity contribution < 1.29 is 14.3 Å². The molecule has 0 aliphatic heterocycles. The van der Waals surface area contributed by atoms with E-state index in [-0.39, 0.29) is 6.10 Å². The maximum atomic E-state index is 11.1. The van der Waals surface area contributed by atoms with Crippen LogP contribution in [0.2, 0.25) is 0 Å². The topological polar surface area (TPSA) is 62.7 Å². The van der Waals surface area contributed by atoms with Crippen LogP contribution in [0.3, 0.4) is 0 Å². The summed E-state index contributed by atoms with van der Waals surface area (Å²) in [6.07, 6.45) is 4.80. The lowest BCUT2D eigenvalue weighted by atomic mass is 9.72. The molecule has 0 aromatic carbocycles. The molecule has 1 saturated carbocycles. The minimum atomic E-state index is -0.554. The number of ether oxygens (including phenoxy) is 1. The minimum Gasteiger partial charge on any atom is -0.454 e. The van der Waals surface area contributed by atoms with Gasteiger partial charge in [0.05, 0.1) is 0 Å². The summed E-state index contributed by atoms with van der Waals surface area (Å²) >= 11 is 0. The number of nitrogens with zero attached hydrogens (tertiary/aromatic N) is 2. The highest BCUT2D eigenvalue weighted by Gasteiger charge is 2.31. The van der Waals surface area contributed by atoms with Crippen LogP contribution < -0.4 is 0 Å². The zero-order valence-electron chi connectivity index (χ0n) is 10.3. The van der Waals surface area contributed by atoms with Gasteiger partial charge in [-0.3, -0.25) is 0 Å². The fourth-order valence-corrected chi connectivity index (χ4v) is 2.29. The van der Waals surface area contributed by atoms with Gasteiger partial charge in [0.15, 0.2) is 0 Å². The monoisotopic (exact) mass is 224 g/mol. The normalized spacial score (nSPS) is 25.7. The van der Waals surface area contributed by atoms with Crippen LogP contribution in [0.25, 0.3) is 5.53 Å². The molecule has 0 aromatic rings. The van der Waals surface area contributed by atoms with E-state index in [4.69, 9.17) is 10.3 Å². The van der Waals surface area contributed by atoms with Crippen LogP contribution in [0.15, 0.2) is 0 Å². The van der Waals surface area contributed by atoms with Crippen molar-refractivity contribution in [1.82, 2.24) is 0 Å². The Bertz CT molecular complexity index is 293. The first kappa shape index (κ1) is 12.9. The Labute approximate surface area is 96.6 Å². The number of carbonyl (C=O) groups is 1. The summed E-state index contributed by atoms with van der Waals surface area (Å²) in [5.41, 5.74) is 8.52. The first-order chi connectivity index (χ1) is 7.43. The van der Waals surface area contributed by atoms with Gasteiger partial charge >= 0.3 is 12.2 Å². The molecule has 0 atom stereocenters. The highest BCUT2D eigenvalue weighted by molar-refractivity contribution is 6.20. The van der Waals surface area contributed by atoms with Gasteiger partial charge in [0.2, 0.25) is 0 Å². The first-order valence-electron chi connectivity index (χ1n) is 5.81. The molecule has 0 bridgehead atoms. The van der Waals surface area contributed by atoms with E-state index in [1.807, 2.05) is 0 Å². The standard InChI is InChI=1S/C12H20N2O2/c1-12(2,3)9-4-6-10(7-5-9)16-11(15)8-14-13/h8-10H,4-7H2,1-3H3. The molecule has 4 heteroatoms. The number of carbonyl (C=O) groups excluding carboxylic acids is 1. The summed E-state index contributed by atoms with van der Waals surface area (Å²) in [4.78, 5) is 13.7. The van der Waals surface area contributed by atoms with Gasteiger partial charge in [-0.1, -0.05) is 20.8 Å². The largest absolute Gasteiger partial charge is 0.454 e. The predicted molar refractivity (Wildman–Crippen MR) is 61.0 cm³/mol. The third kappa shape index (κ3) is 3.78. The molecule has 16 heavy (non-hydrogen) atoms. The van der Waals surface area contributed by atoms with Crippen molar-refractivity contribution in [3.63, 3.8) is 0 Å². The predicted octanol–water partition coefficient (Wildman–Crippen LogP) is 2.44. The van der Waals surface area contributed by atoms with Crippen molar-refractivity contribution in [3.8, 4) is 0 Å². The van der Waals surface area contributed by atoms with Crippen LogP contribution in [0.5, 0.6) is 0 Å². The average Bonchev–Trinajstić information content (AvgIpc) is 2.17. The second-order valence-electron chi connectivity index (χ2n) is 5.52. The Hall–Kier alpha value is -1.15. The van der Waals surface area contributed by atoms with Gasteiger partial charge in [0.25, 0.3) is 0 Å². The van der Waals surface area contributed by atoms with E-state index in [0.29, 0.717) is 11.3 Å². The second kappa shape index (κ2) is 5.26. The lowest BCUT2D eigenvalue weighted by molar-refractivity contribution is -0.146. The van der Waals surface area contributed by atoms with Crippen molar-refractivity contribution in [2.75, 3.05) is 0 Å². The molecular weight excluding hydrogens is 204 g/mol. The van der Waals surface area contributed by atoms with Crippen molar-refractivity contribution in [1.29, 1.82) is 0 Å². The minimum absolute atomic E-state index is 0.0101. The van der Waals surface area contributed by atoms with Gasteiger partial charge in [-0.15, -0.1) is 0 Å². The van der Waals surface area contributed by atoms with Gasteiger partial charge in [0.1, 0.15) is 6.10 Å². The van der Waals surface area contributed by atoms with Crippen molar-refractivity contribution in [2.45, 2.75) is 52.6 Å². The summed E-state index contributed by atoms with van der Waals surface area (Å²) in [5, 5.41) is 0. The Morgan fingerprint density at radius 3 is 2.31 bits per heavy atom. The molecule has 0 spiro atoms. The molecule has 0 saturated heterocycles. The SMILES string of the molecule is CC(C)(C)C1CCC(OC(=O)C=[N+]=[N-])CC1. The lowest BCUT2D eigenvalue weighted by Gasteiger charge is -2.36. The van der Waals surface area contributed by atoms with E-state index in [2.05, 4.69) is 25.6 Å². The Kier molecular flexibility index (Phi) is 4.25. The zero-order chi connectivity index (χ0) is 12.2. The van der Waals surface area contributed by atoms with Crippen molar-refractivity contribution >= 4 is 12.2 Å². The summed E-state index contributed by atoms with van der Waals surface area (Å²) in [7, 11) is 0. The molecule has 1 fully saturated rings. The molecule has 0 unspecified atom stereocenters. The highest BCUT2D eigenvalue weighted by atomic mass is 16.5. The fraction of sp³-hybridized carbons (Fsp3) is 0.833. The van der Waals surface area contributed by atoms with E-state index in [9.17, 15) is 4.79 Å². The van der Waals surface area contributed by atoms with E-state index < -0.39 is 5.97 Å². The van der Waals surface area contributed by atoms with Crippen LogP contribution in [-0.2, 0) is 9.53 Å². The van der Waals surface area contributed by atoms with Gasteiger partial charge in [0, 0.05) is 0 Å². The Morgan fingerprint density at radius 2 is 1.88 bits per heavy atom. The van der Waals surface area contributed by atoms with Gasteiger partial charge in [-0.05, 0) is 37.0 Å². The van der Waals surface area contributed by atoms with Crippen LogP contribution in [0.1, 0.15) is 46.5 Å². The number of hydrogen-bond acceptors (Lipinski definition) is 2. The molecule has 0 aromatic heterocycles. The second-order valence-corrected chi connectivity index (χ2v) is 5.52. The molecule has 1 rings (SSSR count). The van der Waals surface area contributed by atoms with Crippen LogP contribution >= 0.6 is 0 Å². The van der Waals surface area contributed by atoms with Crippen LogP contribution in [0.4, 0.5) is 0 Å². The maximum absolute atomic E-state index is 11.1. The number of rotatable bonds is 2. The Balaban J connectivity index is 2.38. The molecule has 0 radical (unpaired) electrons. The van der Waals surface area contributed by atoms with E-state index in [1.54, 1.807) is 0 Å². The van der Waals surface area contributed by atoms with Gasteiger partial charge in [-0.2, -0.15) is 4.79 Å². The van der Waals surface area contributed by atoms with Crippen molar-refractivity contribution in [3.05, 3.63) is 5.53 Å². The molecule has 0 N–H and O–H groups in total. The summed E-state index contributed by atoms with van der Waals surface area (Å²) < 4.78 is 5.14. The summed E-state index contributed by atoms with van der Waals surface area (Å²) in [6, 6.07) is 0. The first-order valence-corrected chi connectivity index (χ1v) is 5.81. The molecule has 1 aliphatic rings. The van der Waals surface area contributed by atoms with E-state index >= 15 is 0 Å². The van der Waals surface area contributed by atoms with Crippen LogP contribution in [0, 0.1) is 11.3 Å². The number of hydrogen-bond donors (Lipinski definition) is 0. The van der Waals surface area contributed by atoms with Gasteiger partial charge in [-0.25, -0.2) is 4.79 Å². The Morgan fingerprint density at radius 1 is 1.31 bits per heavy atom. The van der Waals surface area contributed by atoms with E-state index in [0.717, 1.165) is 31.9 Å². The summed E-state index contributed by atoms with van der Waals surface area (Å²) in [6.45, 7) is 6.76. The highest BCUT2D eigenvalue weighted by Crippen LogP contribution is 2.38. The third-order valence-electron chi connectivity index (χ3n) is 3.34. The van der Waals surface area contributed by atoms with E-state index in [1.165, 1.54) is 0 Å². The molecule has 1 aliphatic carbocycles. The molecular formula is C12H20N2O2. The number of esters is 1. The molecule has 4 nitrogen and oxygen atoms in total. The molecule has 0 heterocycles. The average molecular weight is 224 g/mol.